The van der Waals surface area contributed by atoms with E-state index in [-0.39, 0.29) is 0 Å². The third-order valence-corrected chi connectivity index (χ3v) is 3.85. The average Bonchev–Trinajstić information content (AvgIpc) is 2.27. The minimum atomic E-state index is 0.497. The lowest BCUT2D eigenvalue weighted by Crippen LogP contribution is -2.52. The molecule has 2 atom stereocenters. The van der Waals surface area contributed by atoms with Gasteiger partial charge >= 0.3 is 0 Å². The summed E-state index contributed by atoms with van der Waals surface area (Å²) in [5, 5.41) is 0. The molecule has 0 spiro atoms. The van der Waals surface area contributed by atoms with Crippen molar-refractivity contribution in [1.29, 1.82) is 0 Å². The first-order valence-corrected chi connectivity index (χ1v) is 6.71. The van der Waals surface area contributed by atoms with E-state index in [4.69, 9.17) is 18.0 Å². The van der Waals surface area contributed by atoms with E-state index in [0.717, 1.165) is 19.5 Å². The molecule has 1 fully saturated rings. The SMILES string of the molecule is CCC(C)N1CCN(C(C)CC(N)=S)CC1. The van der Waals surface area contributed by atoms with E-state index in [1.165, 1.54) is 19.5 Å². The van der Waals surface area contributed by atoms with E-state index in [1.54, 1.807) is 0 Å². The first-order chi connectivity index (χ1) is 7.54. The van der Waals surface area contributed by atoms with Crippen LogP contribution >= 0.6 is 12.2 Å². The monoisotopic (exact) mass is 243 g/mol. The van der Waals surface area contributed by atoms with Crippen LogP contribution in [0.25, 0.3) is 0 Å². The Hall–Kier alpha value is -0.190. The summed E-state index contributed by atoms with van der Waals surface area (Å²) in [6.45, 7) is 11.4. The molecule has 2 N–H and O–H groups in total. The zero-order valence-corrected chi connectivity index (χ0v) is 11.6. The average molecular weight is 243 g/mol. The maximum absolute atomic E-state index is 5.59. The number of hydrogen-bond acceptors (Lipinski definition) is 3. The van der Waals surface area contributed by atoms with Gasteiger partial charge in [0.05, 0.1) is 4.99 Å². The summed E-state index contributed by atoms with van der Waals surface area (Å²) in [4.78, 5) is 5.71. The van der Waals surface area contributed by atoms with E-state index >= 15 is 0 Å². The lowest BCUT2D eigenvalue weighted by atomic mass is 10.1. The molecule has 1 aliphatic heterocycles. The minimum absolute atomic E-state index is 0.497. The second-order valence-electron chi connectivity index (χ2n) is 4.85. The highest BCUT2D eigenvalue weighted by atomic mass is 32.1. The Bertz CT molecular complexity index is 224. The van der Waals surface area contributed by atoms with Gasteiger partial charge in [-0.05, 0) is 20.3 Å². The number of hydrogen-bond donors (Lipinski definition) is 1. The molecule has 0 amide bonds. The van der Waals surface area contributed by atoms with Gasteiger partial charge < -0.3 is 5.73 Å². The van der Waals surface area contributed by atoms with Crippen molar-refractivity contribution in [2.45, 2.75) is 45.7 Å². The standard InChI is InChI=1S/C12H25N3S/c1-4-10(2)14-5-7-15(8-6-14)11(3)9-12(13)16/h10-11H,4-9H2,1-3H3,(H2,13,16). The van der Waals surface area contributed by atoms with Crippen LogP contribution in [0.15, 0.2) is 0 Å². The van der Waals surface area contributed by atoms with Crippen LogP contribution in [0.2, 0.25) is 0 Å². The van der Waals surface area contributed by atoms with Crippen molar-refractivity contribution in [3.8, 4) is 0 Å². The second kappa shape index (κ2) is 6.52. The van der Waals surface area contributed by atoms with Crippen molar-refractivity contribution in [2.75, 3.05) is 26.2 Å². The van der Waals surface area contributed by atoms with Crippen LogP contribution in [0.1, 0.15) is 33.6 Å². The number of nitrogens with zero attached hydrogens (tertiary/aromatic N) is 2. The van der Waals surface area contributed by atoms with Gasteiger partial charge in [0.2, 0.25) is 0 Å². The van der Waals surface area contributed by atoms with Crippen molar-refractivity contribution in [3.63, 3.8) is 0 Å². The molecule has 1 heterocycles. The molecule has 1 aliphatic rings. The van der Waals surface area contributed by atoms with Crippen LogP contribution in [-0.2, 0) is 0 Å². The normalized spacial score (nSPS) is 22.9. The lowest BCUT2D eigenvalue weighted by molar-refractivity contribution is 0.0793. The Morgan fingerprint density at radius 3 is 1.94 bits per heavy atom. The zero-order valence-electron chi connectivity index (χ0n) is 10.8. The summed E-state index contributed by atoms with van der Waals surface area (Å²) in [6.07, 6.45) is 2.08. The molecule has 0 aromatic rings. The molecule has 0 aromatic heterocycles. The highest BCUT2D eigenvalue weighted by Gasteiger charge is 2.23. The van der Waals surface area contributed by atoms with Crippen molar-refractivity contribution >= 4 is 17.2 Å². The fourth-order valence-electron chi connectivity index (χ4n) is 2.30. The van der Waals surface area contributed by atoms with E-state index in [0.29, 0.717) is 17.1 Å². The van der Waals surface area contributed by atoms with Crippen LogP contribution in [0.4, 0.5) is 0 Å². The summed E-state index contributed by atoms with van der Waals surface area (Å²) in [7, 11) is 0. The predicted molar refractivity (Wildman–Crippen MR) is 73.8 cm³/mol. The molecule has 0 aromatic carbocycles. The summed E-state index contributed by atoms with van der Waals surface area (Å²) in [5.74, 6) is 0. The van der Waals surface area contributed by atoms with E-state index < -0.39 is 0 Å². The molecule has 0 bridgehead atoms. The first kappa shape index (κ1) is 13.9. The quantitative estimate of drug-likeness (QED) is 0.741. The van der Waals surface area contributed by atoms with Crippen LogP contribution in [0.3, 0.4) is 0 Å². The smallest absolute Gasteiger partial charge is 0.0742 e. The fraction of sp³-hybridized carbons (Fsp3) is 0.917. The topological polar surface area (TPSA) is 32.5 Å². The van der Waals surface area contributed by atoms with Gasteiger partial charge in [-0.3, -0.25) is 9.80 Å². The van der Waals surface area contributed by atoms with Crippen molar-refractivity contribution in [1.82, 2.24) is 9.80 Å². The maximum atomic E-state index is 5.59. The van der Waals surface area contributed by atoms with Gasteiger partial charge in [0.15, 0.2) is 0 Å². The van der Waals surface area contributed by atoms with E-state index in [2.05, 4.69) is 30.6 Å². The maximum Gasteiger partial charge on any atom is 0.0742 e. The molecule has 1 saturated heterocycles. The number of thiocarbonyl (C=S) groups is 1. The lowest BCUT2D eigenvalue weighted by Gasteiger charge is -2.40. The number of nitrogens with two attached hydrogens (primary N) is 1. The second-order valence-corrected chi connectivity index (χ2v) is 5.37. The Morgan fingerprint density at radius 2 is 1.56 bits per heavy atom. The number of rotatable bonds is 5. The first-order valence-electron chi connectivity index (χ1n) is 6.31. The summed E-state index contributed by atoms with van der Waals surface area (Å²) >= 11 is 4.97. The van der Waals surface area contributed by atoms with Gasteiger partial charge in [-0.15, -0.1) is 0 Å². The van der Waals surface area contributed by atoms with Crippen molar-refractivity contribution in [3.05, 3.63) is 0 Å². The Balaban J connectivity index is 2.33. The molecular formula is C12H25N3S. The molecule has 1 rings (SSSR count). The largest absolute Gasteiger partial charge is 0.393 e. The van der Waals surface area contributed by atoms with Crippen molar-refractivity contribution in [2.24, 2.45) is 5.73 Å². The molecule has 2 unspecified atom stereocenters. The van der Waals surface area contributed by atoms with Gasteiger partial charge in [0, 0.05) is 44.7 Å². The van der Waals surface area contributed by atoms with Gasteiger partial charge in [0.25, 0.3) is 0 Å². The highest BCUT2D eigenvalue weighted by Crippen LogP contribution is 2.12. The van der Waals surface area contributed by atoms with Gasteiger partial charge in [0.1, 0.15) is 0 Å². The summed E-state index contributed by atoms with van der Waals surface area (Å²) in [6, 6.07) is 1.21. The van der Waals surface area contributed by atoms with E-state index in [1.807, 2.05) is 0 Å². The molecule has 0 radical (unpaired) electrons. The van der Waals surface area contributed by atoms with Crippen molar-refractivity contribution < 1.29 is 0 Å². The van der Waals surface area contributed by atoms with Crippen LogP contribution < -0.4 is 5.73 Å². The Morgan fingerprint density at radius 1 is 1.12 bits per heavy atom. The van der Waals surface area contributed by atoms with Gasteiger partial charge in [-0.1, -0.05) is 19.1 Å². The Labute approximate surface area is 105 Å². The van der Waals surface area contributed by atoms with Gasteiger partial charge in [-0.25, -0.2) is 0 Å². The Kier molecular flexibility index (Phi) is 5.66. The fourth-order valence-corrected chi connectivity index (χ4v) is 2.54. The molecule has 16 heavy (non-hydrogen) atoms. The molecule has 94 valence electrons. The molecule has 3 nitrogen and oxygen atoms in total. The highest BCUT2D eigenvalue weighted by molar-refractivity contribution is 7.80. The van der Waals surface area contributed by atoms with Crippen LogP contribution in [-0.4, -0.2) is 53.1 Å². The van der Waals surface area contributed by atoms with Gasteiger partial charge in [-0.2, -0.15) is 0 Å². The van der Waals surface area contributed by atoms with Crippen LogP contribution in [0.5, 0.6) is 0 Å². The van der Waals surface area contributed by atoms with Crippen LogP contribution in [0, 0.1) is 0 Å². The molecule has 4 heteroatoms. The summed E-state index contributed by atoms with van der Waals surface area (Å²) in [5.41, 5.74) is 5.59. The third-order valence-electron chi connectivity index (χ3n) is 3.68. The molecule has 0 saturated carbocycles. The summed E-state index contributed by atoms with van der Waals surface area (Å²) < 4.78 is 0. The van der Waals surface area contributed by atoms with E-state index in [9.17, 15) is 0 Å². The third kappa shape index (κ3) is 4.00. The predicted octanol–water partition coefficient (Wildman–Crippen LogP) is 1.47. The molecule has 0 aliphatic carbocycles. The molecular weight excluding hydrogens is 218 g/mol. The minimum Gasteiger partial charge on any atom is -0.393 e. The zero-order chi connectivity index (χ0) is 12.1. The number of piperazine rings is 1.